The van der Waals surface area contributed by atoms with Crippen LogP contribution in [-0.4, -0.2) is 62.4 Å². The summed E-state index contributed by atoms with van der Waals surface area (Å²) >= 11 is 0. The molecule has 8 nitrogen and oxygen atoms in total. The molecule has 1 spiro atoms. The molecule has 4 rings (SSSR count). The maximum atomic E-state index is 12.9. The van der Waals surface area contributed by atoms with Crippen LogP contribution in [0.25, 0.3) is 0 Å². The van der Waals surface area contributed by atoms with E-state index < -0.39 is 35.9 Å². The molecule has 3 fully saturated rings. The van der Waals surface area contributed by atoms with Crippen molar-refractivity contribution in [3.05, 3.63) is 47.5 Å². The summed E-state index contributed by atoms with van der Waals surface area (Å²) in [4.78, 5) is 25.2. The van der Waals surface area contributed by atoms with Crippen molar-refractivity contribution >= 4 is 12.1 Å². The standard InChI is InChI=1S/C26H35NO7/c1-16(2)11-12-19-25(3,34-19)22-21(30-4)18(13-14-26(22)15-32-26)33-24(29)27-20(23(28)31-5)17-9-7-6-8-10-17/h6-11,18-22H,12-15H2,1-5H3,(H,27,29)/t18-,19-,20?,21+,22-,25+,26+/m1/s1. The third-order valence-corrected chi connectivity index (χ3v) is 7.33. The molecule has 1 amide bonds. The van der Waals surface area contributed by atoms with E-state index in [1.54, 1.807) is 31.4 Å². The van der Waals surface area contributed by atoms with Gasteiger partial charge in [0.15, 0.2) is 6.04 Å². The minimum Gasteiger partial charge on any atom is -0.467 e. The van der Waals surface area contributed by atoms with Crippen LogP contribution in [0.15, 0.2) is 42.0 Å². The van der Waals surface area contributed by atoms with Crippen molar-refractivity contribution in [2.45, 2.75) is 75.6 Å². The highest BCUT2D eigenvalue weighted by Crippen LogP contribution is 2.59. The summed E-state index contributed by atoms with van der Waals surface area (Å²) < 4.78 is 28.8. The molecule has 34 heavy (non-hydrogen) atoms. The molecule has 7 atom stereocenters. The molecule has 0 radical (unpaired) electrons. The van der Waals surface area contributed by atoms with Crippen molar-refractivity contribution in [2.75, 3.05) is 20.8 Å². The minimum atomic E-state index is -0.963. The number of esters is 1. The summed E-state index contributed by atoms with van der Waals surface area (Å²) in [5, 5.41) is 2.66. The molecule has 2 aliphatic heterocycles. The van der Waals surface area contributed by atoms with Crippen LogP contribution in [0.2, 0.25) is 0 Å². The van der Waals surface area contributed by atoms with E-state index in [-0.39, 0.29) is 17.6 Å². The van der Waals surface area contributed by atoms with Crippen molar-refractivity contribution < 1.29 is 33.3 Å². The number of ether oxygens (including phenoxy) is 5. The second kappa shape index (κ2) is 9.68. The van der Waals surface area contributed by atoms with Crippen LogP contribution in [0.5, 0.6) is 0 Å². The Bertz CT molecular complexity index is 924. The molecular weight excluding hydrogens is 438 g/mol. The summed E-state index contributed by atoms with van der Waals surface area (Å²) in [6, 6.07) is 7.97. The topological polar surface area (TPSA) is 98.9 Å². The molecule has 1 unspecified atom stereocenters. The van der Waals surface area contributed by atoms with Crippen LogP contribution in [0.4, 0.5) is 4.79 Å². The lowest BCUT2D eigenvalue weighted by atomic mass is 9.68. The van der Waals surface area contributed by atoms with Gasteiger partial charge in [-0.2, -0.15) is 0 Å². The van der Waals surface area contributed by atoms with Crippen LogP contribution >= 0.6 is 0 Å². The highest BCUT2D eigenvalue weighted by molar-refractivity contribution is 5.82. The number of epoxide rings is 2. The van der Waals surface area contributed by atoms with Gasteiger partial charge in [-0.15, -0.1) is 0 Å². The number of benzene rings is 1. The minimum absolute atomic E-state index is 0.0699. The number of carbonyl (C=O) groups is 2. The smallest absolute Gasteiger partial charge is 0.408 e. The Hall–Kier alpha value is -2.42. The zero-order valence-electron chi connectivity index (χ0n) is 20.5. The lowest BCUT2D eigenvalue weighted by molar-refractivity contribution is -0.143. The van der Waals surface area contributed by atoms with Gasteiger partial charge in [0.2, 0.25) is 0 Å². The van der Waals surface area contributed by atoms with Crippen LogP contribution in [0.3, 0.4) is 0 Å². The normalized spacial score (nSPS) is 34.6. The van der Waals surface area contributed by atoms with E-state index in [4.69, 9.17) is 23.7 Å². The maximum Gasteiger partial charge on any atom is 0.408 e. The van der Waals surface area contributed by atoms with E-state index in [0.717, 1.165) is 12.8 Å². The highest BCUT2D eigenvalue weighted by Gasteiger charge is 2.72. The number of rotatable bonds is 8. The lowest BCUT2D eigenvalue weighted by Gasteiger charge is -2.42. The van der Waals surface area contributed by atoms with Gasteiger partial charge in [0, 0.05) is 7.11 Å². The molecule has 186 valence electrons. The van der Waals surface area contributed by atoms with Gasteiger partial charge in [-0.05, 0) is 45.6 Å². The number of alkyl carbamates (subject to hydrolysis) is 1. The fourth-order valence-corrected chi connectivity index (χ4v) is 5.40. The Balaban J connectivity index is 1.47. The number of hydrogen-bond donors (Lipinski definition) is 1. The van der Waals surface area contributed by atoms with Crippen LogP contribution in [0, 0.1) is 5.92 Å². The van der Waals surface area contributed by atoms with E-state index in [2.05, 4.69) is 32.2 Å². The third-order valence-electron chi connectivity index (χ3n) is 7.33. The summed E-state index contributed by atoms with van der Waals surface area (Å²) in [6.45, 7) is 6.90. The van der Waals surface area contributed by atoms with Crippen LogP contribution in [-0.2, 0) is 28.5 Å². The molecule has 3 aliphatic rings. The van der Waals surface area contributed by atoms with Crippen molar-refractivity contribution in [3.63, 3.8) is 0 Å². The van der Waals surface area contributed by atoms with Crippen LogP contribution in [0.1, 0.15) is 51.6 Å². The van der Waals surface area contributed by atoms with Crippen molar-refractivity contribution in [2.24, 2.45) is 5.92 Å². The van der Waals surface area contributed by atoms with Crippen molar-refractivity contribution in [1.29, 1.82) is 0 Å². The number of allylic oxidation sites excluding steroid dienone is 1. The quantitative estimate of drug-likeness (QED) is 0.349. The number of amides is 1. The Morgan fingerprint density at radius 3 is 2.53 bits per heavy atom. The fraction of sp³-hybridized carbons (Fsp3) is 0.615. The molecule has 1 saturated carbocycles. The second-order valence-corrected chi connectivity index (χ2v) is 9.83. The fourth-order valence-electron chi connectivity index (χ4n) is 5.40. The zero-order chi connectivity index (χ0) is 24.5. The lowest BCUT2D eigenvalue weighted by Crippen LogP contribution is -2.56. The van der Waals surface area contributed by atoms with Crippen LogP contribution < -0.4 is 5.32 Å². The molecule has 8 heteroatoms. The van der Waals surface area contributed by atoms with E-state index >= 15 is 0 Å². The molecule has 1 aromatic carbocycles. The first kappa shape index (κ1) is 24.7. The van der Waals surface area contributed by atoms with E-state index in [9.17, 15) is 9.59 Å². The average molecular weight is 474 g/mol. The number of methoxy groups -OCH3 is 2. The molecule has 0 aromatic heterocycles. The Morgan fingerprint density at radius 1 is 1.24 bits per heavy atom. The van der Waals surface area contributed by atoms with Gasteiger partial charge in [0.25, 0.3) is 0 Å². The number of carbonyl (C=O) groups excluding carboxylic acids is 2. The molecule has 2 heterocycles. The second-order valence-electron chi connectivity index (χ2n) is 9.83. The van der Waals surface area contributed by atoms with E-state index in [0.29, 0.717) is 18.6 Å². The third kappa shape index (κ3) is 4.85. The predicted octanol–water partition coefficient (Wildman–Crippen LogP) is 3.70. The Kier molecular flexibility index (Phi) is 7.03. The zero-order valence-corrected chi connectivity index (χ0v) is 20.5. The summed E-state index contributed by atoms with van der Waals surface area (Å²) in [5.74, 6) is -0.642. The van der Waals surface area contributed by atoms with Gasteiger partial charge in [-0.3, -0.25) is 0 Å². The van der Waals surface area contributed by atoms with Crippen molar-refractivity contribution in [1.82, 2.24) is 5.32 Å². The molecule has 2 saturated heterocycles. The maximum absolute atomic E-state index is 12.9. The number of hydrogen-bond acceptors (Lipinski definition) is 7. The van der Waals surface area contributed by atoms with Crippen molar-refractivity contribution in [3.8, 4) is 0 Å². The number of nitrogens with one attached hydrogen (secondary N) is 1. The van der Waals surface area contributed by atoms with Gasteiger partial charge in [-0.25, -0.2) is 9.59 Å². The Morgan fingerprint density at radius 2 is 1.94 bits per heavy atom. The largest absolute Gasteiger partial charge is 0.467 e. The van der Waals surface area contributed by atoms with Gasteiger partial charge in [0.1, 0.15) is 23.4 Å². The average Bonchev–Trinajstić information content (AvgIpc) is 3.74. The molecule has 0 bridgehead atoms. The van der Waals surface area contributed by atoms with Gasteiger partial charge in [0.05, 0.1) is 25.7 Å². The summed E-state index contributed by atoms with van der Waals surface area (Å²) in [6.07, 6.45) is 2.85. The molecular formula is C26H35NO7. The molecule has 1 N–H and O–H groups in total. The highest BCUT2D eigenvalue weighted by atomic mass is 16.6. The first-order valence-corrected chi connectivity index (χ1v) is 11.8. The summed E-state index contributed by atoms with van der Waals surface area (Å²) in [7, 11) is 2.92. The van der Waals surface area contributed by atoms with E-state index in [1.165, 1.54) is 12.7 Å². The van der Waals surface area contributed by atoms with Gasteiger partial charge in [-0.1, -0.05) is 42.0 Å². The van der Waals surface area contributed by atoms with Gasteiger partial charge >= 0.3 is 12.1 Å². The Labute approximate surface area is 200 Å². The molecule has 1 aromatic rings. The summed E-state index contributed by atoms with van der Waals surface area (Å²) in [5.41, 5.74) is 1.14. The monoisotopic (exact) mass is 473 g/mol. The SMILES string of the molecule is COC(=O)C(NC(=O)O[C@@H]1CC[C@]2(CO2)[C@@H]([C@@]2(C)O[C@@H]2CC=C(C)C)[C@H]1OC)c1ccccc1. The molecule has 1 aliphatic carbocycles. The predicted molar refractivity (Wildman–Crippen MR) is 124 cm³/mol. The van der Waals surface area contributed by atoms with E-state index in [1.807, 2.05) is 6.07 Å². The first-order valence-electron chi connectivity index (χ1n) is 11.8. The van der Waals surface area contributed by atoms with Gasteiger partial charge < -0.3 is 29.0 Å². The first-order chi connectivity index (χ1) is 16.2.